The number of carbonyl (C=O) groups excluding carboxylic acids is 2. The normalized spacial score (nSPS) is 19.1. The van der Waals surface area contributed by atoms with Crippen LogP contribution in [-0.4, -0.2) is 47.9 Å². The first-order chi connectivity index (χ1) is 19.2. The van der Waals surface area contributed by atoms with Crippen molar-refractivity contribution >= 4 is 50.6 Å². The number of rotatable bonds is 5. The number of thiophene rings is 1. The predicted molar refractivity (Wildman–Crippen MR) is 146 cm³/mol. The van der Waals surface area contributed by atoms with E-state index < -0.39 is 13.0 Å². The Morgan fingerprint density at radius 2 is 2.05 bits per heavy atom. The summed E-state index contributed by atoms with van der Waals surface area (Å²) in [6.45, 7) is 0.422. The van der Waals surface area contributed by atoms with Crippen LogP contribution in [0.5, 0.6) is 11.5 Å². The Morgan fingerprint density at radius 3 is 2.86 bits per heavy atom. The summed E-state index contributed by atoms with van der Waals surface area (Å²) in [5.41, 5.74) is 2.57. The summed E-state index contributed by atoms with van der Waals surface area (Å²) in [6, 6.07) is 16.1. The van der Waals surface area contributed by atoms with Gasteiger partial charge in [0.1, 0.15) is 21.2 Å². The average molecular weight is 517 g/mol. The van der Waals surface area contributed by atoms with Crippen LogP contribution in [0.15, 0.2) is 60.8 Å². The molecule has 0 saturated carbocycles. The number of likely N-dealkylation sites (tertiary alicyclic amines) is 1. The molecule has 0 aliphatic carbocycles. The van der Waals surface area contributed by atoms with Crippen molar-refractivity contribution in [2.45, 2.75) is 25.8 Å². The van der Waals surface area contributed by atoms with Gasteiger partial charge in [-0.05, 0) is 75.2 Å². The standard InChI is InChI=1S/C28H27N5O3S/c1-17-15-20(36-19-8-4-3-5-9-19)10-11-21(17)33-22-12-13-29-27-23(22)24(31-28(33)35)25(37-27)26(34)30-18-7-6-14-32(2)16-18/h3-5,8-13,15,18H,6-7,14,16H2,1-2H3,(H,30,34)(H,31,35)/i2D3. The molecule has 2 N–H and O–H groups in total. The molecule has 37 heavy (non-hydrogen) atoms. The van der Waals surface area contributed by atoms with E-state index in [1.54, 1.807) is 17.2 Å². The minimum absolute atomic E-state index is 0.245. The van der Waals surface area contributed by atoms with E-state index in [-0.39, 0.29) is 18.5 Å². The van der Waals surface area contributed by atoms with Gasteiger partial charge in [0.25, 0.3) is 5.91 Å². The Morgan fingerprint density at radius 1 is 1.19 bits per heavy atom. The number of carbonyl (C=O) groups is 2. The van der Waals surface area contributed by atoms with Gasteiger partial charge in [-0.3, -0.25) is 9.69 Å². The molecule has 6 rings (SSSR count). The molecule has 2 aromatic carbocycles. The Labute approximate surface area is 223 Å². The SMILES string of the molecule is [2H]C([2H])([2H])N1CCCC(NC(=O)c2sc3nccc4c3c2NC(=O)N4c2ccc(Oc3ccccc3)cc2C)C1. The van der Waals surface area contributed by atoms with E-state index in [0.717, 1.165) is 5.56 Å². The van der Waals surface area contributed by atoms with Crippen molar-refractivity contribution in [3.05, 3.63) is 71.2 Å². The first kappa shape index (κ1) is 20.1. The largest absolute Gasteiger partial charge is 0.457 e. The summed E-state index contributed by atoms with van der Waals surface area (Å²) < 4.78 is 29.1. The van der Waals surface area contributed by atoms with Crippen LogP contribution in [0.25, 0.3) is 10.2 Å². The van der Waals surface area contributed by atoms with Gasteiger partial charge in [0.2, 0.25) is 0 Å². The van der Waals surface area contributed by atoms with E-state index in [2.05, 4.69) is 15.6 Å². The third-order valence-electron chi connectivity index (χ3n) is 6.60. The molecule has 1 fully saturated rings. The van der Waals surface area contributed by atoms with E-state index in [0.29, 0.717) is 63.0 Å². The van der Waals surface area contributed by atoms with Crippen LogP contribution in [0.1, 0.15) is 32.2 Å². The molecular formula is C28H27N5O3S. The molecule has 9 heteroatoms. The van der Waals surface area contributed by atoms with Crippen LogP contribution in [-0.2, 0) is 0 Å². The molecule has 4 heterocycles. The number of benzene rings is 2. The maximum Gasteiger partial charge on any atom is 0.331 e. The van der Waals surface area contributed by atoms with E-state index in [9.17, 15) is 9.59 Å². The molecule has 1 unspecified atom stereocenters. The molecule has 3 amide bonds. The second-order valence-corrected chi connectivity index (χ2v) is 10.2. The van der Waals surface area contributed by atoms with Gasteiger partial charge in [-0.15, -0.1) is 11.3 Å². The molecule has 1 saturated heterocycles. The van der Waals surface area contributed by atoms with Crippen molar-refractivity contribution in [2.75, 3.05) is 30.3 Å². The summed E-state index contributed by atoms with van der Waals surface area (Å²) in [5, 5.41) is 6.59. The molecule has 2 aliphatic rings. The summed E-state index contributed by atoms with van der Waals surface area (Å²) >= 11 is 1.20. The summed E-state index contributed by atoms with van der Waals surface area (Å²) in [6.07, 6.45) is 2.99. The highest BCUT2D eigenvalue weighted by molar-refractivity contribution is 7.21. The van der Waals surface area contributed by atoms with Gasteiger partial charge in [0.15, 0.2) is 0 Å². The average Bonchev–Trinajstić information content (AvgIpc) is 3.29. The van der Waals surface area contributed by atoms with Gasteiger partial charge in [0.05, 0.1) is 22.4 Å². The number of pyridine rings is 1. The number of anilines is 3. The van der Waals surface area contributed by atoms with Crippen molar-refractivity contribution in [1.29, 1.82) is 0 Å². The zero-order valence-corrected chi connectivity index (χ0v) is 21.0. The summed E-state index contributed by atoms with van der Waals surface area (Å²) in [5.74, 6) is 1.02. The van der Waals surface area contributed by atoms with Gasteiger partial charge in [0, 0.05) is 22.9 Å². The Kier molecular flexibility index (Phi) is 5.17. The van der Waals surface area contributed by atoms with Crippen molar-refractivity contribution < 1.29 is 18.4 Å². The fourth-order valence-electron chi connectivity index (χ4n) is 4.90. The van der Waals surface area contributed by atoms with Crippen LogP contribution in [0, 0.1) is 6.92 Å². The van der Waals surface area contributed by atoms with Crippen LogP contribution < -0.4 is 20.3 Å². The van der Waals surface area contributed by atoms with Gasteiger partial charge < -0.3 is 20.3 Å². The van der Waals surface area contributed by atoms with Gasteiger partial charge >= 0.3 is 6.03 Å². The maximum atomic E-state index is 13.5. The third-order valence-corrected chi connectivity index (χ3v) is 7.69. The number of aromatic nitrogens is 1. The second-order valence-electron chi connectivity index (χ2n) is 9.20. The van der Waals surface area contributed by atoms with Crippen LogP contribution in [0.3, 0.4) is 0 Å². The molecule has 1 atom stereocenters. The lowest BCUT2D eigenvalue weighted by molar-refractivity contribution is 0.0917. The molecule has 188 valence electrons. The molecule has 0 spiro atoms. The molecule has 2 aromatic heterocycles. The minimum Gasteiger partial charge on any atom is -0.457 e. The number of nitrogens with one attached hydrogen (secondary N) is 2. The molecule has 8 nitrogen and oxygen atoms in total. The number of hydrogen-bond donors (Lipinski definition) is 2. The van der Waals surface area contributed by atoms with E-state index in [1.807, 2.05) is 55.5 Å². The summed E-state index contributed by atoms with van der Waals surface area (Å²) in [4.78, 5) is 35.3. The smallest absolute Gasteiger partial charge is 0.331 e. The molecular weight excluding hydrogens is 486 g/mol. The lowest BCUT2D eigenvalue weighted by Gasteiger charge is -2.31. The van der Waals surface area contributed by atoms with Gasteiger partial charge in [-0.25, -0.2) is 9.78 Å². The highest BCUT2D eigenvalue weighted by Crippen LogP contribution is 2.46. The van der Waals surface area contributed by atoms with Gasteiger partial charge in [-0.2, -0.15) is 0 Å². The zero-order valence-electron chi connectivity index (χ0n) is 23.2. The number of ether oxygens (including phenoxy) is 1. The summed E-state index contributed by atoms with van der Waals surface area (Å²) in [7, 11) is 0. The molecule has 2 aliphatic heterocycles. The predicted octanol–water partition coefficient (Wildman–Crippen LogP) is 5.90. The second kappa shape index (κ2) is 9.49. The number of aryl methyl sites for hydroxylation is 1. The fourth-order valence-corrected chi connectivity index (χ4v) is 5.92. The van der Waals surface area contributed by atoms with Crippen LogP contribution >= 0.6 is 11.3 Å². The monoisotopic (exact) mass is 516 g/mol. The lowest BCUT2D eigenvalue weighted by atomic mass is 10.1. The highest BCUT2D eigenvalue weighted by atomic mass is 32.1. The number of amides is 3. The molecule has 0 radical (unpaired) electrons. The Hall–Kier alpha value is -3.95. The number of urea groups is 1. The topological polar surface area (TPSA) is 86.8 Å². The van der Waals surface area contributed by atoms with Crippen molar-refractivity contribution in [3.8, 4) is 11.5 Å². The Balaban J connectivity index is 1.29. The van der Waals surface area contributed by atoms with Crippen LogP contribution in [0.2, 0.25) is 0 Å². The Bertz CT molecular complexity index is 1610. The minimum atomic E-state index is -2.20. The van der Waals surface area contributed by atoms with Crippen molar-refractivity contribution in [3.63, 3.8) is 0 Å². The van der Waals surface area contributed by atoms with Crippen molar-refractivity contribution in [1.82, 2.24) is 15.2 Å². The number of hydrogen-bond acceptors (Lipinski definition) is 6. The first-order valence-electron chi connectivity index (χ1n) is 13.6. The van der Waals surface area contributed by atoms with E-state index in [1.165, 1.54) is 16.2 Å². The fraction of sp³-hybridized carbons (Fsp3) is 0.250. The van der Waals surface area contributed by atoms with E-state index >= 15 is 0 Å². The van der Waals surface area contributed by atoms with Gasteiger partial charge in [-0.1, -0.05) is 18.2 Å². The van der Waals surface area contributed by atoms with Crippen LogP contribution in [0.4, 0.5) is 21.9 Å². The number of nitrogens with zero attached hydrogens (tertiary/aromatic N) is 3. The molecule has 4 aromatic rings. The quantitative estimate of drug-likeness (QED) is 0.345. The number of para-hydroxylation sites is 1. The zero-order chi connectivity index (χ0) is 28.0. The third kappa shape index (κ3) is 4.41. The number of likely N-dealkylation sites (N-methyl/N-ethyl adjacent to an activating group) is 1. The number of piperidine rings is 1. The highest BCUT2D eigenvalue weighted by Gasteiger charge is 2.34. The first-order valence-corrected chi connectivity index (χ1v) is 12.9. The van der Waals surface area contributed by atoms with Crippen molar-refractivity contribution in [2.24, 2.45) is 0 Å². The maximum absolute atomic E-state index is 13.5. The van der Waals surface area contributed by atoms with E-state index in [4.69, 9.17) is 8.85 Å². The molecule has 0 bridgehead atoms. The lowest BCUT2D eigenvalue weighted by Crippen LogP contribution is -2.46.